The number of nitrogens with zero attached hydrogens (tertiary/aromatic N) is 1. The Balaban J connectivity index is 1.40. The van der Waals surface area contributed by atoms with Crippen LogP contribution in [0.25, 0.3) is 0 Å². The maximum atomic E-state index is 13.4. The third-order valence-corrected chi connectivity index (χ3v) is 9.93. The number of likely N-dealkylation sites (tertiary alicyclic amines) is 1. The van der Waals surface area contributed by atoms with Gasteiger partial charge >= 0.3 is 12.2 Å². The molecule has 43 heavy (non-hydrogen) atoms. The maximum Gasteiger partial charge on any atom is 0.416 e. The van der Waals surface area contributed by atoms with Gasteiger partial charge in [-0.15, -0.1) is 11.8 Å². The second-order valence-corrected chi connectivity index (χ2v) is 13.2. The highest BCUT2D eigenvalue weighted by molar-refractivity contribution is 7.98. The molecule has 10 nitrogen and oxygen atoms in total. The normalized spacial score (nSPS) is 19.1. The van der Waals surface area contributed by atoms with E-state index >= 15 is 0 Å². The molecule has 2 aliphatic heterocycles. The number of anilines is 1. The van der Waals surface area contributed by atoms with Crippen LogP contribution in [-0.2, 0) is 25.5 Å². The summed E-state index contributed by atoms with van der Waals surface area (Å²) in [6.07, 6.45) is -0.881. The van der Waals surface area contributed by atoms with E-state index in [9.17, 15) is 36.0 Å². The molecule has 0 bridgehead atoms. The van der Waals surface area contributed by atoms with Crippen LogP contribution in [0.15, 0.2) is 52.3 Å². The van der Waals surface area contributed by atoms with Gasteiger partial charge in [0.2, 0.25) is 5.91 Å². The first kappa shape index (κ1) is 32.6. The first-order valence-corrected chi connectivity index (χ1v) is 16.5. The van der Waals surface area contributed by atoms with E-state index < -0.39 is 63.5 Å². The standard InChI is InChI=1S/C28H33F3N4O6S2/c1-42-20-5-7-21(8-6-20)43(39,40)17-18-10-13-41-16-24(18)33-25(36)15-32-26(37)22-14-19(28(29,30)31)4-9-23(22)34-27(38)35-11-2-3-12-35/h4-9,14,18,24H,2-3,10-13,15-17H2,1H3,(H,32,37)(H,33,36)(H,34,38)/t18-,24-/m1/s1. The van der Waals surface area contributed by atoms with Crippen molar-refractivity contribution in [2.24, 2.45) is 5.92 Å². The van der Waals surface area contributed by atoms with Crippen LogP contribution < -0.4 is 16.0 Å². The molecule has 0 radical (unpaired) electrons. The molecule has 15 heteroatoms. The number of amides is 4. The first-order chi connectivity index (χ1) is 20.4. The largest absolute Gasteiger partial charge is 0.416 e. The Labute approximate surface area is 252 Å². The molecule has 2 fully saturated rings. The number of ether oxygens (including phenoxy) is 1. The van der Waals surface area contributed by atoms with E-state index in [-0.39, 0.29) is 22.9 Å². The average Bonchev–Trinajstić information content (AvgIpc) is 3.52. The fourth-order valence-corrected chi connectivity index (χ4v) is 7.06. The lowest BCUT2D eigenvalue weighted by Crippen LogP contribution is -2.51. The summed E-state index contributed by atoms with van der Waals surface area (Å²) in [5, 5.41) is 7.49. The molecule has 2 saturated heterocycles. The van der Waals surface area contributed by atoms with Crippen molar-refractivity contribution in [3.05, 3.63) is 53.6 Å². The van der Waals surface area contributed by atoms with E-state index in [1.54, 1.807) is 24.3 Å². The Bertz CT molecular complexity index is 1430. The Morgan fingerprint density at radius 2 is 1.77 bits per heavy atom. The molecule has 3 N–H and O–H groups in total. The lowest BCUT2D eigenvalue weighted by atomic mass is 9.97. The highest BCUT2D eigenvalue weighted by Crippen LogP contribution is 2.32. The fraction of sp³-hybridized carbons (Fsp3) is 0.464. The number of rotatable bonds is 9. The SMILES string of the molecule is CSc1ccc(S(=O)(=O)C[C@H]2CCOC[C@H]2NC(=O)CNC(=O)c2cc(C(F)(F)F)ccc2NC(=O)N2CCCC2)cc1. The van der Waals surface area contributed by atoms with Crippen LogP contribution >= 0.6 is 11.8 Å². The summed E-state index contributed by atoms with van der Waals surface area (Å²) in [6.45, 7) is 0.764. The van der Waals surface area contributed by atoms with Crippen molar-refractivity contribution >= 4 is 45.1 Å². The quantitative estimate of drug-likeness (QED) is 0.355. The van der Waals surface area contributed by atoms with E-state index in [0.29, 0.717) is 32.2 Å². The average molecular weight is 643 g/mol. The Hall–Kier alpha value is -3.30. The van der Waals surface area contributed by atoms with E-state index in [1.165, 1.54) is 16.7 Å². The second kappa shape index (κ2) is 14.0. The summed E-state index contributed by atoms with van der Waals surface area (Å²) < 4.78 is 71.8. The number of thioether (sulfide) groups is 1. The van der Waals surface area contributed by atoms with Crippen LogP contribution in [0.5, 0.6) is 0 Å². The van der Waals surface area contributed by atoms with Crippen LogP contribution in [0.4, 0.5) is 23.7 Å². The summed E-state index contributed by atoms with van der Waals surface area (Å²) in [5.74, 6) is -2.36. The second-order valence-electron chi connectivity index (χ2n) is 10.3. The van der Waals surface area contributed by atoms with Gasteiger partial charge < -0.3 is 25.6 Å². The molecule has 2 atom stereocenters. The molecule has 2 heterocycles. The Kier molecular flexibility index (Phi) is 10.6. The first-order valence-electron chi connectivity index (χ1n) is 13.7. The zero-order valence-electron chi connectivity index (χ0n) is 23.4. The fourth-order valence-electron chi connectivity index (χ4n) is 4.95. The van der Waals surface area contributed by atoms with Crippen molar-refractivity contribution in [1.82, 2.24) is 15.5 Å². The summed E-state index contributed by atoms with van der Waals surface area (Å²) in [7, 11) is -3.67. The molecule has 0 aliphatic carbocycles. The van der Waals surface area contributed by atoms with Gasteiger partial charge in [0.05, 0.1) is 46.7 Å². The van der Waals surface area contributed by atoms with Crippen LogP contribution in [0.3, 0.4) is 0 Å². The van der Waals surface area contributed by atoms with Gasteiger partial charge in [0.1, 0.15) is 0 Å². The number of alkyl halides is 3. The molecular formula is C28H33F3N4O6S2. The number of sulfone groups is 1. The molecule has 4 rings (SSSR count). The molecule has 0 unspecified atom stereocenters. The van der Waals surface area contributed by atoms with Gasteiger partial charge in [0.15, 0.2) is 9.84 Å². The van der Waals surface area contributed by atoms with Gasteiger partial charge in [-0.2, -0.15) is 13.2 Å². The summed E-state index contributed by atoms with van der Waals surface area (Å²) in [6, 6.07) is 7.70. The zero-order chi connectivity index (χ0) is 31.2. The number of carbonyl (C=O) groups excluding carboxylic acids is 3. The zero-order valence-corrected chi connectivity index (χ0v) is 25.0. The molecule has 234 valence electrons. The molecule has 4 amide bonds. The lowest BCUT2D eigenvalue weighted by Gasteiger charge is -2.32. The van der Waals surface area contributed by atoms with E-state index in [0.717, 1.165) is 29.9 Å². The predicted octanol–water partition coefficient (Wildman–Crippen LogP) is 3.78. The van der Waals surface area contributed by atoms with Crippen molar-refractivity contribution in [1.29, 1.82) is 0 Å². The van der Waals surface area contributed by atoms with Gasteiger partial charge in [-0.3, -0.25) is 9.59 Å². The number of nitrogens with one attached hydrogen (secondary N) is 3. The van der Waals surface area contributed by atoms with Crippen molar-refractivity contribution in [2.75, 3.05) is 50.2 Å². The van der Waals surface area contributed by atoms with E-state index in [4.69, 9.17) is 4.74 Å². The third kappa shape index (κ3) is 8.63. The molecule has 0 spiro atoms. The van der Waals surface area contributed by atoms with Gasteiger partial charge in [0.25, 0.3) is 5.91 Å². The summed E-state index contributed by atoms with van der Waals surface area (Å²) in [4.78, 5) is 40.9. The van der Waals surface area contributed by atoms with E-state index in [2.05, 4.69) is 16.0 Å². The van der Waals surface area contributed by atoms with Crippen molar-refractivity contribution in [3.63, 3.8) is 0 Å². The van der Waals surface area contributed by atoms with Crippen LogP contribution in [0.2, 0.25) is 0 Å². The summed E-state index contributed by atoms with van der Waals surface area (Å²) in [5.41, 5.74) is -1.67. The molecule has 0 saturated carbocycles. The van der Waals surface area contributed by atoms with Crippen molar-refractivity contribution in [3.8, 4) is 0 Å². The number of urea groups is 1. The van der Waals surface area contributed by atoms with E-state index in [1.807, 2.05) is 6.26 Å². The smallest absolute Gasteiger partial charge is 0.379 e. The van der Waals surface area contributed by atoms with Gasteiger partial charge in [-0.1, -0.05) is 0 Å². The number of hydrogen-bond donors (Lipinski definition) is 3. The van der Waals surface area contributed by atoms with Gasteiger partial charge in [-0.05, 0) is 73.9 Å². The minimum atomic E-state index is -4.74. The Morgan fingerprint density at radius 1 is 1.07 bits per heavy atom. The molecule has 2 aromatic carbocycles. The van der Waals surface area contributed by atoms with Crippen molar-refractivity contribution < 1.29 is 40.7 Å². The van der Waals surface area contributed by atoms with Crippen LogP contribution in [0.1, 0.15) is 35.2 Å². The highest BCUT2D eigenvalue weighted by Gasteiger charge is 2.34. The number of hydrogen-bond acceptors (Lipinski definition) is 7. The minimum absolute atomic E-state index is 0.0611. The monoisotopic (exact) mass is 642 g/mol. The van der Waals surface area contributed by atoms with Crippen LogP contribution in [0, 0.1) is 5.92 Å². The molecule has 2 aliphatic rings. The van der Waals surface area contributed by atoms with Gasteiger partial charge in [0, 0.05) is 24.6 Å². The molecular weight excluding hydrogens is 609 g/mol. The lowest BCUT2D eigenvalue weighted by molar-refractivity contribution is -0.137. The third-order valence-electron chi connectivity index (χ3n) is 7.33. The molecule has 2 aromatic rings. The van der Waals surface area contributed by atoms with Gasteiger partial charge in [-0.25, -0.2) is 13.2 Å². The summed E-state index contributed by atoms with van der Waals surface area (Å²) >= 11 is 1.49. The number of halogens is 3. The van der Waals surface area contributed by atoms with Crippen LogP contribution in [-0.4, -0.2) is 82.1 Å². The predicted molar refractivity (Wildman–Crippen MR) is 155 cm³/mol. The number of carbonyl (C=O) groups is 3. The topological polar surface area (TPSA) is 134 Å². The maximum absolute atomic E-state index is 13.4. The Morgan fingerprint density at radius 3 is 2.42 bits per heavy atom. The number of benzene rings is 2. The highest BCUT2D eigenvalue weighted by atomic mass is 32.2. The minimum Gasteiger partial charge on any atom is -0.379 e. The molecule has 0 aromatic heterocycles. The van der Waals surface area contributed by atoms with Crippen molar-refractivity contribution in [2.45, 2.75) is 41.3 Å².